The minimum atomic E-state index is 0.286. The van der Waals surface area contributed by atoms with Crippen molar-refractivity contribution in [3.05, 3.63) is 12.3 Å². The van der Waals surface area contributed by atoms with E-state index in [-0.39, 0.29) is 5.91 Å². The van der Waals surface area contributed by atoms with Gasteiger partial charge in [-0.2, -0.15) is 0 Å². The van der Waals surface area contributed by atoms with Gasteiger partial charge in [-0.05, 0) is 12.8 Å². The maximum atomic E-state index is 11.3. The molecule has 1 rings (SSSR count). The zero-order valence-corrected chi connectivity index (χ0v) is 7.75. The van der Waals surface area contributed by atoms with Crippen molar-refractivity contribution in [3.63, 3.8) is 0 Å². The van der Waals surface area contributed by atoms with Crippen molar-refractivity contribution >= 4 is 5.91 Å². The van der Waals surface area contributed by atoms with E-state index in [1.54, 1.807) is 0 Å². The van der Waals surface area contributed by atoms with Gasteiger partial charge in [-0.3, -0.25) is 4.79 Å². The summed E-state index contributed by atoms with van der Waals surface area (Å²) in [5.41, 5.74) is 0. The predicted molar refractivity (Wildman–Crippen MR) is 49.6 cm³/mol. The molecule has 0 unspecified atom stereocenters. The molecule has 1 amide bonds. The molecule has 0 saturated carbocycles. The second kappa shape index (κ2) is 4.96. The molecule has 0 aromatic carbocycles. The molecule has 0 radical (unpaired) electrons. The topological polar surface area (TPSA) is 20.3 Å². The summed E-state index contributed by atoms with van der Waals surface area (Å²) in [5, 5.41) is 0. The molecule has 68 valence electrons. The Hall–Kier alpha value is -0.790. The Kier molecular flexibility index (Phi) is 3.85. The number of carbonyl (C=O) groups is 1. The SMILES string of the molecule is CCCCCN1C=CCCC1=O. The van der Waals surface area contributed by atoms with Gasteiger partial charge in [-0.25, -0.2) is 0 Å². The normalized spacial score (nSPS) is 17.1. The van der Waals surface area contributed by atoms with Crippen LogP contribution in [0.5, 0.6) is 0 Å². The molecular formula is C10H17NO. The average Bonchev–Trinajstić information content (AvgIpc) is 2.09. The van der Waals surface area contributed by atoms with E-state index in [1.165, 1.54) is 12.8 Å². The number of carbonyl (C=O) groups excluding carboxylic acids is 1. The summed E-state index contributed by atoms with van der Waals surface area (Å²) in [7, 11) is 0. The highest BCUT2D eigenvalue weighted by Crippen LogP contribution is 2.08. The third-order valence-electron chi connectivity index (χ3n) is 2.13. The minimum Gasteiger partial charge on any atom is -0.319 e. The quantitative estimate of drug-likeness (QED) is 0.588. The standard InChI is InChI=1S/C10H17NO/c1-2-3-5-8-11-9-6-4-7-10(11)12/h6,9H,2-5,7-8H2,1H3. The van der Waals surface area contributed by atoms with E-state index in [2.05, 4.69) is 13.0 Å². The number of rotatable bonds is 4. The van der Waals surface area contributed by atoms with Crippen LogP contribution in [0.3, 0.4) is 0 Å². The fourth-order valence-electron chi connectivity index (χ4n) is 1.37. The van der Waals surface area contributed by atoms with E-state index in [0.717, 1.165) is 19.4 Å². The first kappa shape index (κ1) is 9.30. The molecule has 2 nitrogen and oxygen atoms in total. The van der Waals surface area contributed by atoms with Crippen molar-refractivity contribution in [2.24, 2.45) is 0 Å². The van der Waals surface area contributed by atoms with Crippen molar-refractivity contribution in [1.82, 2.24) is 4.90 Å². The van der Waals surface area contributed by atoms with Gasteiger partial charge in [0.1, 0.15) is 0 Å². The first-order valence-electron chi connectivity index (χ1n) is 4.80. The third kappa shape index (κ3) is 2.68. The van der Waals surface area contributed by atoms with Crippen LogP contribution in [0.15, 0.2) is 12.3 Å². The van der Waals surface area contributed by atoms with Crippen LogP contribution < -0.4 is 0 Å². The molecule has 1 aliphatic heterocycles. The van der Waals surface area contributed by atoms with Crippen LogP contribution in [0.25, 0.3) is 0 Å². The molecule has 0 aromatic heterocycles. The van der Waals surface area contributed by atoms with Gasteiger partial charge >= 0.3 is 0 Å². The maximum absolute atomic E-state index is 11.3. The second-order valence-electron chi connectivity index (χ2n) is 3.22. The van der Waals surface area contributed by atoms with Crippen LogP contribution in [0.1, 0.15) is 39.0 Å². The van der Waals surface area contributed by atoms with Crippen molar-refractivity contribution in [2.45, 2.75) is 39.0 Å². The Morgan fingerprint density at radius 1 is 1.50 bits per heavy atom. The molecule has 12 heavy (non-hydrogen) atoms. The Balaban J connectivity index is 2.25. The number of allylic oxidation sites excluding steroid dienone is 1. The molecule has 1 heterocycles. The second-order valence-corrected chi connectivity index (χ2v) is 3.22. The zero-order chi connectivity index (χ0) is 8.81. The highest BCUT2D eigenvalue weighted by Gasteiger charge is 2.12. The van der Waals surface area contributed by atoms with Crippen LogP contribution in [-0.2, 0) is 4.79 Å². The first-order valence-corrected chi connectivity index (χ1v) is 4.80. The molecule has 0 spiro atoms. The van der Waals surface area contributed by atoms with E-state index in [0.29, 0.717) is 6.42 Å². The molecule has 0 bridgehead atoms. The largest absolute Gasteiger partial charge is 0.319 e. The highest BCUT2D eigenvalue weighted by atomic mass is 16.2. The van der Waals surface area contributed by atoms with Crippen LogP contribution in [0, 0.1) is 0 Å². The lowest BCUT2D eigenvalue weighted by Crippen LogP contribution is -2.28. The number of hydrogen-bond acceptors (Lipinski definition) is 1. The lowest BCUT2D eigenvalue weighted by atomic mass is 10.2. The van der Waals surface area contributed by atoms with Gasteiger partial charge in [-0.1, -0.05) is 25.8 Å². The van der Waals surface area contributed by atoms with E-state index in [1.807, 2.05) is 11.1 Å². The molecule has 0 N–H and O–H groups in total. The van der Waals surface area contributed by atoms with Crippen molar-refractivity contribution in [3.8, 4) is 0 Å². The molecule has 0 saturated heterocycles. The zero-order valence-electron chi connectivity index (χ0n) is 7.75. The van der Waals surface area contributed by atoms with E-state index >= 15 is 0 Å². The number of unbranched alkanes of at least 4 members (excludes halogenated alkanes) is 2. The lowest BCUT2D eigenvalue weighted by molar-refractivity contribution is -0.129. The first-order chi connectivity index (χ1) is 5.84. The van der Waals surface area contributed by atoms with Gasteiger partial charge in [0, 0.05) is 19.2 Å². The van der Waals surface area contributed by atoms with E-state index in [4.69, 9.17) is 0 Å². The Labute approximate surface area is 74.2 Å². The molecule has 1 aliphatic rings. The summed E-state index contributed by atoms with van der Waals surface area (Å²) in [5.74, 6) is 0.286. The maximum Gasteiger partial charge on any atom is 0.226 e. The van der Waals surface area contributed by atoms with E-state index < -0.39 is 0 Å². The summed E-state index contributed by atoms with van der Waals surface area (Å²) >= 11 is 0. The summed E-state index contributed by atoms with van der Waals surface area (Å²) in [6.45, 7) is 3.08. The predicted octanol–water partition coefficient (Wildman–Crippen LogP) is 2.31. The number of amides is 1. The van der Waals surface area contributed by atoms with Crippen molar-refractivity contribution in [2.75, 3.05) is 6.54 Å². The Morgan fingerprint density at radius 2 is 2.33 bits per heavy atom. The monoisotopic (exact) mass is 167 g/mol. The number of nitrogens with zero attached hydrogens (tertiary/aromatic N) is 1. The van der Waals surface area contributed by atoms with Gasteiger partial charge in [0.15, 0.2) is 0 Å². The molecule has 0 aliphatic carbocycles. The molecule has 0 atom stereocenters. The molecular weight excluding hydrogens is 150 g/mol. The van der Waals surface area contributed by atoms with Gasteiger partial charge in [0.2, 0.25) is 5.91 Å². The summed E-state index contributed by atoms with van der Waals surface area (Å²) in [6, 6.07) is 0. The van der Waals surface area contributed by atoms with Crippen LogP contribution in [-0.4, -0.2) is 17.4 Å². The van der Waals surface area contributed by atoms with Crippen molar-refractivity contribution < 1.29 is 4.79 Å². The van der Waals surface area contributed by atoms with Gasteiger partial charge < -0.3 is 4.90 Å². The molecule has 2 heteroatoms. The summed E-state index contributed by atoms with van der Waals surface area (Å²) in [6.07, 6.45) is 9.19. The third-order valence-corrected chi connectivity index (χ3v) is 2.13. The fourth-order valence-corrected chi connectivity index (χ4v) is 1.37. The molecule has 0 aromatic rings. The average molecular weight is 167 g/mol. The fraction of sp³-hybridized carbons (Fsp3) is 0.700. The smallest absolute Gasteiger partial charge is 0.226 e. The number of hydrogen-bond donors (Lipinski definition) is 0. The van der Waals surface area contributed by atoms with Gasteiger partial charge in [-0.15, -0.1) is 0 Å². The van der Waals surface area contributed by atoms with Gasteiger partial charge in [0.25, 0.3) is 0 Å². The summed E-state index contributed by atoms with van der Waals surface area (Å²) < 4.78 is 0. The summed E-state index contributed by atoms with van der Waals surface area (Å²) in [4.78, 5) is 13.1. The Bertz CT molecular complexity index is 175. The van der Waals surface area contributed by atoms with Crippen molar-refractivity contribution in [1.29, 1.82) is 0 Å². The van der Waals surface area contributed by atoms with E-state index in [9.17, 15) is 4.79 Å². The van der Waals surface area contributed by atoms with Crippen LogP contribution >= 0.6 is 0 Å². The van der Waals surface area contributed by atoms with Gasteiger partial charge in [0.05, 0.1) is 0 Å². The Morgan fingerprint density at radius 3 is 3.00 bits per heavy atom. The lowest BCUT2D eigenvalue weighted by Gasteiger charge is -2.20. The minimum absolute atomic E-state index is 0.286. The molecule has 0 fully saturated rings. The van der Waals surface area contributed by atoms with Crippen LogP contribution in [0.4, 0.5) is 0 Å². The van der Waals surface area contributed by atoms with Crippen LogP contribution in [0.2, 0.25) is 0 Å². The highest BCUT2D eigenvalue weighted by molar-refractivity contribution is 5.78.